The standard InChI is InChI=1S/Co.Mg.Ni.H2O.O.2H/h;;;1H2;;;. The van der Waals surface area contributed by atoms with Crippen molar-refractivity contribution in [1.82, 2.24) is 0 Å². The first-order valence-electron chi connectivity index (χ1n) is 0.129. The van der Waals surface area contributed by atoms with Crippen LogP contribution in [0.3, 0.4) is 0 Å². The van der Waals surface area contributed by atoms with Crippen molar-refractivity contribution in [2.45, 2.75) is 0 Å². The fourth-order valence-electron chi connectivity index (χ4n) is 0. The SMILES string of the molecule is O.[Co].[MgH2].[O]=[Ni]. The summed E-state index contributed by atoms with van der Waals surface area (Å²) in [6, 6.07) is 0. The van der Waals surface area contributed by atoms with E-state index in [0.717, 1.165) is 0 Å². The maximum absolute atomic E-state index is 7.88. The Morgan fingerprint density at radius 3 is 1.20 bits per heavy atom. The van der Waals surface area contributed by atoms with Crippen molar-refractivity contribution in [1.29, 1.82) is 0 Å². The summed E-state index contributed by atoms with van der Waals surface area (Å²) < 4.78 is 7.88. The van der Waals surface area contributed by atoms with Crippen LogP contribution in [-0.2, 0) is 36.1 Å². The Bertz CT molecular complexity index is 9.61. The number of hydrogen-bond donors (Lipinski definition) is 0. The molecule has 0 saturated carbocycles. The zero-order chi connectivity index (χ0) is 2.00. The van der Waals surface area contributed by atoms with E-state index in [0.29, 0.717) is 0 Å². The van der Waals surface area contributed by atoms with E-state index in [1.165, 1.54) is 0 Å². The van der Waals surface area contributed by atoms with E-state index in [9.17, 15) is 0 Å². The van der Waals surface area contributed by atoms with Crippen molar-refractivity contribution < 1.29 is 41.5 Å². The molecule has 0 bridgehead atoms. The average Bonchev–Trinajstić information content (AvgIpc) is 1.00. The average molecular weight is 178 g/mol. The van der Waals surface area contributed by atoms with Gasteiger partial charge in [0.25, 0.3) is 0 Å². The Morgan fingerprint density at radius 2 is 1.20 bits per heavy atom. The van der Waals surface area contributed by atoms with Crippen molar-refractivity contribution in [3.05, 3.63) is 0 Å². The van der Waals surface area contributed by atoms with E-state index in [4.69, 9.17) is 3.90 Å². The van der Waals surface area contributed by atoms with Gasteiger partial charge in [-0.1, -0.05) is 0 Å². The molecule has 0 aliphatic rings. The molecule has 0 heterocycles. The first-order valence-corrected chi connectivity index (χ1v) is 0.532. The predicted molar refractivity (Wildman–Crippen MR) is 12.8 cm³/mol. The third kappa shape index (κ3) is 29.5. The van der Waals surface area contributed by atoms with Gasteiger partial charge in [0, 0.05) is 16.8 Å². The first kappa shape index (κ1) is 31.2. The molecule has 5 heteroatoms. The Balaban J connectivity index is -0.00000000167. The molecule has 0 rings (SSSR count). The van der Waals surface area contributed by atoms with Gasteiger partial charge in [-0.3, -0.25) is 0 Å². The van der Waals surface area contributed by atoms with Crippen LogP contribution in [0.25, 0.3) is 0 Å². The van der Waals surface area contributed by atoms with E-state index in [1.54, 1.807) is 0 Å². The van der Waals surface area contributed by atoms with Crippen molar-refractivity contribution in [2.75, 3.05) is 0 Å². The van der Waals surface area contributed by atoms with Crippen LogP contribution in [0.15, 0.2) is 0 Å². The van der Waals surface area contributed by atoms with Crippen LogP contribution in [0.4, 0.5) is 0 Å². The third-order valence-electron chi connectivity index (χ3n) is 0. The summed E-state index contributed by atoms with van der Waals surface area (Å²) >= 11 is 2.62. The maximum atomic E-state index is 7.88. The van der Waals surface area contributed by atoms with Gasteiger partial charge >= 0.3 is 42.3 Å². The van der Waals surface area contributed by atoms with Crippen LogP contribution in [0.1, 0.15) is 0 Å². The fraction of sp³-hybridized carbons (Fsp3) is 0. The van der Waals surface area contributed by atoms with E-state index in [1.807, 2.05) is 0 Å². The van der Waals surface area contributed by atoms with Crippen LogP contribution < -0.4 is 0 Å². The molecule has 0 aromatic rings. The predicted octanol–water partition coefficient (Wildman–Crippen LogP) is -1.86. The molecular formula is H4CoMgNiO2. The molecule has 0 aliphatic heterocycles. The third-order valence-corrected chi connectivity index (χ3v) is 0. The Hall–Kier alpha value is 1.53. The van der Waals surface area contributed by atoms with Crippen molar-refractivity contribution in [3.8, 4) is 0 Å². The Morgan fingerprint density at radius 1 is 1.20 bits per heavy atom. The summed E-state index contributed by atoms with van der Waals surface area (Å²) in [6.07, 6.45) is 0. The van der Waals surface area contributed by atoms with Crippen LogP contribution in [-0.4, -0.2) is 28.5 Å². The van der Waals surface area contributed by atoms with E-state index in [-0.39, 0.29) is 45.3 Å². The second-order valence-corrected chi connectivity index (χ2v) is 0. The molecule has 0 aromatic carbocycles. The molecule has 0 amide bonds. The van der Waals surface area contributed by atoms with Gasteiger partial charge in [0.05, 0.1) is 0 Å². The summed E-state index contributed by atoms with van der Waals surface area (Å²) in [6.45, 7) is 0. The molecule has 0 saturated heterocycles. The molecule has 0 atom stereocenters. The summed E-state index contributed by atoms with van der Waals surface area (Å²) in [5, 5.41) is 0. The van der Waals surface area contributed by atoms with Crippen LogP contribution in [0.5, 0.6) is 0 Å². The molecule has 5 heavy (non-hydrogen) atoms. The van der Waals surface area contributed by atoms with Gasteiger partial charge in [-0.05, 0) is 0 Å². The van der Waals surface area contributed by atoms with Crippen molar-refractivity contribution in [3.63, 3.8) is 0 Å². The van der Waals surface area contributed by atoms with E-state index < -0.39 is 0 Å². The molecule has 1 radical (unpaired) electrons. The summed E-state index contributed by atoms with van der Waals surface area (Å²) in [5.74, 6) is 0. The molecule has 37 valence electrons. The molecule has 0 aliphatic carbocycles. The van der Waals surface area contributed by atoms with Crippen molar-refractivity contribution >= 4 is 23.1 Å². The fourth-order valence-corrected chi connectivity index (χ4v) is 0. The number of hydrogen-bond acceptors (Lipinski definition) is 1. The second kappa shape index (κ2) is 48.6. The van der Waals surface area contributed by atoms with Gasteiger partial charge in [0.15, 0.2) is 0 Å². The molecule has 2 nitrogen and oxygen atoms in total. The normalized spacial score (nSPS) is 1.20. The quantitative estimate of drug-likeness (QED) is 0.401. The summed E-state index contributed by atoms with van der Waals surface area (Å²) in [5.41, 5.74) is 0. The van der Waals surface area contributed by atoms with Crippen LogP contribution in [0, 0.1) is 0 Å². The molecule has 2 N–H and O–H groups in total. The van der Waals surface area contributed by atoms with Crippen LogP contribution >= 0.6 is 0 Å². The summed E-state index contributed by atoms with van der Waals surface area (Å²) in [4.78, 5) is 0. The van der Waals surface area contributed by atoms with E-state index in [2.05, 4.69) is 15.4 Å². The zero-order valence-electron chi connectivity index (χ0n) is 1.56. The number of rotatable bonds is 0. The zero-order valence-corrected chi connectivity index (χ0v) is 3.59. The Labute approximate surface area is 64.3 Å². The molecule has 0 fully saturated rings. The topological polar surface area (TPSA) is 48.6 Å². The van der Waals surface area contributed by atoms with Crippen molar-refractivity contribution in [2.24, 2.45) is 0 Å². The van der Waals surface area contributed by atoms with Gasteiger partial charge in [0.2, 0.25) is 0 Å². The minimum atomic E-state index is 0. The van der Waals surface area contributed by atoms with Gasteiger partial charge in [0.1, 0.15) is 0 Å². The van der Waals surface area contributed by atoms with Gasteiger partial charge in [-0.25, -0.2) is 0 Å². The second-order valence-electron chi connectivity index (χ2n) is 0. The van der Waals surface area contributed by atoms with Crippen LogP contribution in [0.2, 0.25) is 0 Å². The van der Waals surface area contributed by atoms with Gasteiger partial charge < -0.3 is 5.48 Å². The molecule has 0 unspecified atom stereocenters. The summed E-state index contributed by atoms with van der Waals surface area (Å²) in [7, 11) is 0. The van der Waals surface area contributed by atoms with E-state index >= 15 is 0 Å². The Kier molecular flexibility index (Phi) is 304. The monoisotopic (exact) mass is 177 g/mol. The minimum absolute atomic E-state index is 0. The first-order chi connectivity index (χ1) is 1.00. The van der Waals surface area contributed by atoms with Gasteiger partial charge in [-0.2, -0.15) is 0 Å². The molecule has 0 spiro atoms. The molecular weight excluding hydrogens is 174 g/mol. The van der Waals surface area contributed by atoms with Gasteiger partial charge in [-0.15, -0.1) is 0 Å². The molecule has 0 aromatic heterocycles.